The number of hydrogen-bond acceptors (Lipinski definition) is 5. The number of nitrogens with zero attached hydrogens (tertiary/aromatic N) is 4. The van der Waals surface area contributed by atoms with Crippen molar-refractivity contribution < 1.29 is 13.9 Å². The number of benzene rings is 1. The molecule has 3 aromatic rings. The highest BCUT2D eigenvalue weighted by Crippen LogP contribution is 2.31. The lowest BCUT2D eigenvalue weighted by atomic mass is 10.00. The second kappa shape index (κ2) is 7.29. The van der Waals surface area contributed by atoms with E-state index in [2.05, 4.69) is 15.0 Å². The van der Waals surface area contributed by atoms with E-state index in [1.807, 2.05) is 13.0 Å². The Balaban J connectivity index is 1.81. The van der Waals surface area contributed by atoms with Gasteiger partial charge in [-0.1, -0.05) is 12.1 Å². The van der Waals surface area contributed by atoms with Gasteiger partial charge in [-0.25, -0.2) is 9.37 Å². The van der Waals surface area contributed by atoms with Crippen molar-refractivity contribution in [3.63, 3.8) is 0 Å². The average molecular weight is 383 g/mol. The van der Waals surface area contributed by atoms with Crippen molar-refractivity contribution in [1.29, 1.82) is 0 Å². The summed E-state index contributed by atoms with van der Waals surface area (Å²) >= 11 is 0. The standard InChI is InChI=1S/C20H22FN5O2/c1-12-9-26(5-6-28-12)11-13-3-4-15-16(14-8-23-25(2)10-14)7-17(20(22)27)24-19(15)18(13)21/h3-4,7-8,10,12H,5-6,9,11H2,1-2H3,(H2,22,27)/t12-/m1/s1. The van der Waals surface area contributed by atoms with Crippen molar-refractivity contribution in [3.8, 4) is 11.1 Å². The quantitative estimate of drug-likeness (QED) is 0.746. The number of rotatable bonds is 4. The molecule has 8 heteroatoms. The van der Waals surface area contributed by atoms with Gasteiger partial charge in [0, 0.05) is 49.4 Å². The van der Waals surface area contributed by atoms with E-state index >= 15 is 4.39 Å². The number of carbonyl (C=O) groups is 1. The lowest BCUT2D eigenvalue weighted by molar-refractivity contribution is -0.0214. The van der Waals surface area contributed by atoms with Gasteiger partial charge in [-0.3, -0.25) is 14.4 Å². The minimum Gasteiger partial charge on any atom is -0.376 e. The predicted molar refractivity (Wildman–Crippen MR) is 103 cm³/mol. The van der Waals surface area contributed by atoms with Gasteiger partial charge in [0.1, 0.15) is 11.2 Å². The average Bonchev–Trinajstić information content (AvgIpc) is 3.09. The van der Waals surface area contributed by atoms with Crippen LogP contribution in [-0.2, 0) is 18.3 Å². The topological polar surface area (TPSA) is 86.3 Å². The van der Waals surface area contributed by atoms with E-state index in [9.17, 15) is 4.79 Å². The van der Waals surface area contributed by atoms with Crippen molar-refractivity contribution in [2.45, 2.75) is 19.6 Å². The Bertz CT molecular complexity index is 1050. The maximum absolute atomic E-state index is 15.4. The predicted octanol–water partition coefficient (Wildman–Crippen LogP) is 2.09. The lowest BCUT2D eigenvalue weighted by Crippen LogP contribution is -2.40. The molecule has 4 rings (SSSR count). The number of amides is 1. The summed E-state index contributed by atoms with van der Waals surface area (Å²) in [5.74, 6) is -1.12. The fourth-order valence-corrected chi connectivity index (χ4v) is 3.62. The molecular weight excluding hydrogens is 361 g/mol. The molecule has 1 aromatic carbocycles. The zero-order chi connectivity index (χ0) is 19.8. The second-order valence-electron chi connectivity index (χ2n) is 7.17. The van der Waals surface area contributed by atoms with Crippen LogP contribution in [0.15, 0.2) is 30.6 Å². The third-order valence-electron chi connectivity index (χ3n) is 4.99. The largest absolute Gasteiger partial charge is 0.376 e. The molecule has 1 aliphatic rings. The number of fused-ring (bicyclic) bond motifs is 1. The van der Waals surface area contributed by atoms with Crippen LogP contribution in [0.4, 0.5) is 4.39 Å². The van der Waals surface area contributed by atoms with E-state index < -0.39 is 11.7 Å². The fourth-order valence-electron chi connectivity index (χ4n) is 3.62. The number of halogens is 1. The van der Waals surface area contributed by atoms with Gasteiger partial charge < -0.3 is 10.5 Å². The van der Waals surface area contributed by atoms with E-state index in [1.165, 1.54) is 0 Å². The van der Waals surface area contributed by atoms with Crippen LogP contribution in [0.3, 0.4) is 0 Å². The molecule has 0 spiro atoms. The fraction of sp³-hybridized carbons (Fsp3) is 0.350. The first-order valence-corrected chi connectivity index (χ1v) is 9.17. The minimum absolute atomic E-state index is 0.0300. The molecule has 7 nitrogen and oxygen atoms in total. The minimum atomic E-state index is -0.696. The molecule has 3 heterocycles. The van der Waals surface area contributed by atoms with Gasteiger partial charge in [-0.2, -0.15) is 5.10 Å². The van der Waals surface area contributed by atoms with Crippen LogP contribution >= 0.6 is 0 Å². The maximum Gasteiger partial charge on any atom is 0.267 e. The van der Waals surface area contributed by atoms with Crippen LogP contribution < -0.4 is 5.73 Å². The summed E-state index contributed by atoms with van der Waals surface area (Å²) in [4.78, 5) is 18.1. The Morgan fingerprint density at radius 2 is 2.25 bits per heavy atom. The number of ether oxygens (including phenoxy) is 1. The van der Waals surface area contributed by atoms with Crippen molar-refractivity contribution >= 4 is 16.8 Å². The Hall–Kier alpha value is -2.84. The summed E-state index contributed by atoms with van der Waals surface area (Å²) in [5.41, 5.74) is 7.60. The Morgan fingerprint density at radius 3 is 2.93 bits per heavy atom. The second-order valence-corrected chi connectivity index (χ2v) is 7.17. The molecule has 1 amide bonds. The third-order valence-corrected chi connectivity index (χ3v) is 4.99. The smallest absolute Gasteiger partial charge is 0.267 e. The van der Waals surface area contributed by atoms with Gasteiger partial charge in [0.25, 0.3) is 5.91 Å². The number of carbonyl (C=O) groups excluding carboxylic acids is 1. The number of hydrogen-bond donors (Lipinski definition) is 1. The molecule has 0 saturated carbocycles. The molecular formula is C20H22FN5O2. The molecule has 146 valence electrons. The van der Waals surface area contributed by atoms with E-state index in [4.69, 9.17) is 10.5 Å². The molecule has 1 saturated heterocycles. The number of pyridine rings is 1. The number of nitrogens with two attached hydrogens (primary N) is 1. The summed E-state index contributed by atoms with van der Waals surface area (Å²) in [7, 11) is 1.80. The summed E-state index contributed by atoms with van der Waals surface area (Å²) in [5, 5.41) is 4.79. The zero-order valence-electron chi connectivity index (χ0n) is 15.9. The summed E-state index contributed by atoms with van der Waals surface area (Å²) in [6.07, 6.45) is 3.59. The zero-order valence-corrected chi connectivity index (χ0v) is 15.9. The lowest BCUT2D eigenvalue weighted by Gasteiger charge is -2.31. The van der Waals surface area contributed by atoms with Crippen LogP contribution in [0.2, 0.25) is 0 Å². The molecule has 0 aliphatic carbocycles. The SMILES string of the molecule is C[C@@H]1CN(Cc2ccc3c(-c4cnn(C)c4)cc(C(N)=O)nc3c2F)CCO1. The Labute approximate surface area is 161 Å². The van der Waals surface area contributed by atoms with Gasteiger partial charge in [-0.05, 0) is 18.6 Å². The number of aromatic nitrogens is 3. The van der Waals surface area contributed by atoms with Crippen molar-refractivity contribution in [2.75, 3.05) is 19.7 Å². The molecule has 0 unspecified atom stereocenters. The highest BCUT2D eigenvalue weighted by atomic mass is 19.1. The maximum atomic E-state index is 15.4. The Kier molecular flexibility index (Phi) is 4.82. The highest BCUT2D eigenvalue weighted by Gasteiger charge is 2.21. The normalized spacial score (nSPS) is 17.9. The number of primary amides is 1. The number of morpholine rings is 1. The van der Waals surface area contributed by atoms with Gasteiger partial charge in [0.15, 0.2) is 5.82 Å². The van der Waals surface area contributed by atoms with Crippen LogP contribution in [-0.4, -0.2) is 51.4 Å². The first-order valence-electron chi connectivity index (χ1n) is 9.17. The van der Waals surface area contributed by atoms with Gasteiger partial charge in [-0.15, -0.1) is 0 Å². The van der Waals surface area contributed by atoms with E-state index in [0.717, 1.165) is 18.7 Å². The first kappa shape index (κ1) is 18.5. The molecule has 1 atom stereocenters. The van der Waals surface area contributed by atoms with Gasteiger partial charge in [0.05, 0.1) is 18.9 Å². The highest BCUT2D eigenvalue weighted by molar-refractivity contribution is 6.01. The van der Waals surface area contributed by atoms with Crippen molar-refractivity contribution in [1.82, 2.24) is 19.7 Å². The summed E-state index contributed by atoms with van der Waals surface area (Å²) in [6.45, 7) is 4.58. The molecule has 28 heavy (non-hydrogen) atoms. The van der Waals surface area contributed by atoms with E-state index in [1.54, 1.807) is 36.3 Å². The molecule has 1 fully saturated rings. The van der Waals surface area contributed by atoms with Gasteiger partial charge >= 0.3 is 0 Å². The van der Waals surface area contributed by atoms with Crippen molar-refractivity contribution in [2.24, 2.45) is 12.8 Å². The number of aryl methyl sites for hydroxylation is 1. The molecule has 2 N–H and O–H groups in total. The van der Waals surface area contributed by atoms with Crippen LogP contribution in [0.1, 0.15) is 23.0 Å². The third kappa shape index (κ3) is 3.48. The summed E-state index contributed by atoms with van der Waals surface area (Å²) in [6, 6.07) is 5.21. The van der Waals surface area contributed by atoms with E-state index in [-0.39, 0.29) is 17.3 Å². The Morgan fingerprint density at radius 1 is 1.43 bits per heavy atom. The van der Waals surface area contributed by atoms with E-state index in [0.29, 0.717) is 29.7 Å². The molecule has 2 aromatic heterocycles. The molecule has 0 bridgehead atoms. The monoisotopic (exact) mass is 383 g/mol. The van der Waals surface area contributed by atoms with Crippen LogP contribution in [0, 0.1) is 5.82 Å². The van der Waals surface area contributed by atoms with Gasteiger partial charge in [0.2, 0.25) is 0 Å². The molecule has 0 radical (unpaired) electrons. The van der Waals surface area contributed by atoms with Crippen LogP contribution in [0.5, 0.6) is 0 Å². The molecule has 1 aliphatic heterocycles. The first-order chi connectivity index (χ1) is 13.4. The summed E-state index contributed by atoms with van der Waals surface area (Å²) < 4.78 is 22.6. The van der Waals surface area contributed by atoms with Crippen molar-refractivity contribution in [3.05, 3.63) is 47.7 Å². The van der Waals surface area contributed by atoms with Crippen LogP contribution in [0.25, 0.3) is 22.0 Å².